The van der Waals surface area contributed by atoms with Crippen molar-refractivity contribution in [3.05, 3.63) is 59.7 Å². The average molecular weight is 236 g/mol. The number of fused-ring (bicyclic) bond motifs is 1. The number of benzene rings is 2. The number of carbonyl (C=O) groups excluding carboxylic acids is 1. The Morgan fingerprint density at radius 3 is 2.61 bits per heavy atom. The van der Waals surface area contributed by atoms with Crippen LogP contribution in [0.3, 0.4) is 0 Å². The number of hydrogen-bond acceptors (Lipinski definition) is 1. The molecule has 0 saturated heterocycles. The molecule has 0 amide bonds. The SMILES string of the molecule is O=CC1CCCc2cc(-c3ccccc3)ccc21. The molecule has 1 nitrogen and oxygen atoms in total. The van der Waals surface area contributed by atoms with Crippen LogP contribution in [-0.2, 0) is 11.2 Å². The van der Waals surface area contributed by atoms with Gasteiger partial charge in [0.25, 0.3) is 0 Å². The summed E-state index contributed by atoms with van der Waals surface area (Å²) in [6.45, 7) is 0. The van der Waals surface area contributed by atoms with Gasteiger partial charge in [-0.05, 0) is 41.5 Å². The first kappa shape index (κ1) is 11.2. The Morgan fingerprint density at radius 2 is 1.83 bits per heavy atom. The highest BCUT2D eigenvalue weighted by Crippen LogP contribution is 2.33. The van der Waals surface area contributed by atoms with Crippen LogP contribution in [0.5, 0.6) is 0 Å². The number of aryl methyl sites for hydroxylation is 1. The van der Waals surface area contributed by atoms with Gasteiger partial charge in [0.15, 0.2) is 0 Å². The second-order valence-electron chi connectivity index (χ2n) is 4.91. The lowest BCUT2D eigenvalue weighted by molar-refractivity contribution is -0.109. The van der Waals surface area contributed by atoms with Crippen LogP contribution in [0.4, 0.5) is 0 Å². The third-order valence-electron chi connectivity index (χ3n) is 3.78. The molecule has 2 aromatic rings. The smallest absolute Gasteiger partial charge is 0.127 e. The van der Waals surface area contributed by atoms with Crippen LogP contribution in [0, 0.1) is 0 Å². The summed E-state index contributed by atoms with van der Waals surface area (Å²) in [6.07, 6.45) is 4.32. The molecule has 0 N–H and O–H groups in total. The molecule has 18 heavy (non-hydrogen) atoms. The Hall–Kier alpha value is -1.89. The highest BCUT2D eigenvalue weighted by Gasteiger charge is 2.19. The largest absolute Gasteiger partial charge is 0.303 e. The van der Waals surface area contributed by atoms with Crippen LogP contribution >= 0.6 is 0 Å². The summed E-state index contributed by atoms with van der Waals surface area (Å²) < 4.78 is 0. The lowest BCUT2D eigenvalue weighted by Gasteiger charge is -2.22. The van der Waals surface area contributed by atoms with E-state index in [-0.39, 0.29) is 5.92 Å². The third-order valence-corrected chi connectivity index (χ3v) is 3.78. The lowest BCUT2D eigenvalue weighted by Crippen LogP contribution is -2.10. The Bertz CT molecular complexity index is 557. The highest BCUT2D eigenvalue weighted by molar-refractivity contribution is 5.69. The minimum atomic E-state index is 0.110. The molecule has 90 valence electrons. The zero-order valence-corrected chi connectivity index (χ0v) is 10.3. The van der Waals surface area contributed by atoms with E-state index in [1.165, 1.54) is 22.3 Å². The van der Waals surface area contributed by atoms with Gasteiger partial charge in [0.05, 0.1) is 0 Å². The molecule has 1 unspecified atom stereocenters. The van der Waals surface area contributed by atoms with Crippen molar-refractivity contribution in [3.8, 4) is 11.1 Å². The summed E-state index contributed by atoms with van der Waals surface area (Å²) in [7, 11) is 0. The van der Waals surface area contributed by atoms with Crippen molar-refractivity contribution in [1.82, 2.24) is 0 Å². The van der Waals surface area contributed by atoms with Crippen LogP contribution in [0.2, 0.25) is 0 Å². The van der Waals surface area contributed by atoms with Gasteiger partial charge in [-0.25, -0.2) is 0 Å². The van der Waals surface area contributed by atoms with Crippen molar-refractivity contribution >= 4 is 6.29 Å². The van der Waals surface area contributed by atoms with E-state index >= 15 is 0 Å². The number of aldehydes is 1. The van der Waals surface area contributed by atoms with Crippen molar-refractivity contribution in [3.63, 3.8) is 0 Å². The fourth-order valence-electron chi connectivity index (χ4n) is 2.80. The summed E-state index contributed by atoms with van der Waals surface area (Å²) in [5.74, 6) is 0.110. The van der Waals surface area contributed by atoms with E-state index in [0.29, 0.717) is 0 Å². The summed E-state index contributed by atoms with van der Waals surface area (Å²) in [6, 6.07) is 16.9. The van der Waals surface area contributed by atoms with Crippen molar-refractivity contribution in [2.24, 2.45) is 0 Å². The minimum Gasteiger partial charge on any atom is -0.303 e. The van der Waals surface area contributed by atoms with E-state index in [1.54, 1.807) is 0 Å². The topological polar surface area (TPSA) is 17.1 Å². The lowest BCUT2D eigenvalue weighted by atomic mass is 9.82. The first-order valence-corrected chi connectivity index (χ1v) is 6.52. The zero-order valence-electron chi connectivity index (χ0n) is 10.3. The van der Waals surface area contributed by atoms with Gasteiger partial charge in [0, 0.05) is 5.92 Å². The fourth-order valence-corrected chi connectivity index (χ4v) is 2.80. The zero-order chi connectivity index (χ0) is 12.4. The molecule has 0 aromatic heterocycles. The summed E-state index contributed by atoms with van der Waals surface area (Å²) >= 11 is 0. The number of rotatable bonds is 2. The van der Waals surface area contributed by atoms with Gasteiger partial charge in [-0.1, -0.05) is 48.5 Å². The van der Waals surface area contributed by atoms with E-state index < -0.39 is 0 Å². The monoisotopic (exact) mass is 236 g/mol. The van der Waals surface area contributed by atoms with Crippen LogP contribution in [0.25, 0.3) is 11.1 Å². The first-order valence-electron chi connectivity index (χ1n) is 6.52. The maximum Gasteiger partial charge on any atom is 0.127 e. The number of carbonyl (C=O) groups is 1. The van der Waals surface area contributed by atoms with E-state index in [0.717, 1.165) is 25.5 Å². The molecule has 1 aliphatic carbocycles. The van der Waals surface area contributed by atoms with Gasteiger partial charge in [0.1, 0.15) is 6.29 Å². The van der Waals surface area contributed by atoms with Crippen LogP contribution in [-0.4, -0.2) is 6.29 Å². The molecule has 0 spiro atoms. The Morgan fingerprint density at radius 1 is 1.00 bits per heavy atom. The van der Waals surface area contributed by atoms with E-state index in [4.69, 9.17) is 0 Å². The molecule has 1 heteroatoms. The quantitative estimate of drug-likeness (QED) is 0.721. The number of hydrogen-bond donors (Lipinski definition) is 0. The van der Waals surface area contributed by atoms with E-state index in [9.17, 15) is 4.79 Å². The third kappa shape index (κ3) is 1.97. The molecular weight excluding hydrogens is 220 g/mol. The van der Waals surface area contributed by atoms with Crippen LogP contribution in [0.15, 0.2) is 48.5 Å². The van der Waals surface area contributed by atoms with Gasteiger partial charge >= 0.3 is 0 Å². The van der Waals surface area contributed by atoms with Crippen molar-refractivity contribution in [1.29, 1.82) is 0 Å². The Balaban J connectivity index is 2.04. The fraction of sp³-hybridized carbons (Fsp3) is 0.235. The molecule has 3 rings (SSSR count). The minimum absolute atomic E-state index is 0.110. The predicted molar refractivity (Wildman–Crippen MR) is 73.6 cm³/mol. The molecule has 1 atom stereocenters. The van der Waals surface area contributed by atoms with Gasteiger partial charge in [-0.3, -0.25) is 0 Å². The highest BCUT2D eigenvalue weighted by atomic mass is 16.1. The van der Waals surface area contributed by atoms with E-state index in [2.05, 4.69) is 42.5 Å². The van der Waals surface area contributed by atoms with Gasteiger partial charge in [-0.2, -0.15) is 0 Å². The maximum absolute atomic E-state index is 11.1. The van der Waals surface area contributed by atoms with Gasteiger partial charge < -0.3 is 4.79 Å². The normalized spacial score (nSPS) is 18.1. The molecule has 0 radical (unpaired) electrons. The molecule has 0 aliphatic heterocycles. The molecule has 0 bridgehead atoms. The maximum atomic E-state index is 11.1. The Kier molecular flexibility index (Phi) is 2.97. The average Bonchev–Trinajstić information content (AvgIpc) is 2.47. The summed E-state index contributed by atoms with van der Waals surface area (Å²) in [5, 5.41) is 0. The van der Waals surface area contributed by atoms with Crippen LogP contribution < -0.4 is 0 Å². The second kappa shape index (κ2) is 4.77. The van der Waals surface area contributed by atoms with Crippen molar-refractivity contribution in [2.75, 3.05) is 0 Å². The van der Waals surface area contributed by atoms with Crippen molar-refractivity contribution < 1.29 is 4.79 Å². The molecule has 0 fully saturated rings. The second-order valence-corrected chi connectivity index (χ2v) is 4.91. The van der Waals surface area contributed by atoms with E-state index in [1.807, 2.05) is 6.07 Å². The standard InChI is InChI=1S/C17H16O/c18-12-16-8-4-7-15-11-14(9-10-17(15)16)13-5-2-1-3-6-13/h1-3,5-6,9-12,16H,4,7-8H2. The van der Waals surface area contributed by atoms with Gasteiger partial charge in [-0.15, -0.1) is 0 Å². The van der Waals surface area contributed by atoms with Crippen LogP contribution in [0.1, 0.15) is 29.9 Å². The predicted octanol–water partition coefficient (Wildman–Crippen LogP) is 3.97. The van der Waals surface area contributed by atoms with Gasteiger partial charge in [0.2, 0.25) is 0 Å². The summed E-state index contributed by atoms with van der Waals surface area (Å²) in [5.41, 5.74) is 5.07. The van der Waals surface area contributed by atoms with Crippen molar-refractivity contribution in [2.45, 2.75) is 25.2 Å². The molecule has 0 heterocycles. The Labute approximate surface area is 107 Å². The molecule has 2 aromatic carbocycles. The summed E-state index contributed by atoms with van der Waals surface area (Å²) in [4.78, 5) is 11.1. The first-order chi connectivity index (χ1) is 8.88. The molecule has 0 saturated carbocycles. The molecule has 1 aliphatic rings. The molecular formula is C17H16O.